The fraction of sp³-hybridized carbons (Fsp3) is 0.500. The molecular formula is C12H17BrFNOS. The van der Waals surface area contributed by atoms with Gasteiger partial charge in [0.1, 0.15) is 10.6 Å². The Balaban J connectivity index is 2.76. The van der Waals surface area contributed by atoms with Gasteiger partial charge in [0.25, 0.3) is 0 Å². The topological polar surface area (TPSA) is 35.1 Å². The van der Waals surface area contributed by atoms with E-state index in [4.69, 9.17) is 0 Å². The summed E-state index contributed by atoms with van der Waals surface area (Å²) in [7, 11) is 0. The fourth-order valence-electron chi connectivity index (χ4n) is 1.19. The van der Waals surface area contributed by atoms with E-state index >= 15 is 0 Å². The van der Waals surface area contributed by atoms with Crippen LogP contribution < -0.4 is 4.72 Å². The molecule has 1 rings (SSSR count). The fourth-order valence-corrected chi connectivity index (χ4v) is 2.24. The van der Waals surface area contributed by atoms with Gasteiger partial charge in [0.2, 0.25) is 0 Å². The Bertz CT molecular complexity index is 395. The Morgan fingerprint density at radius 2 is 2.00 bits per heavy atom. The van der Waals surface area contributed by atoms with E-state index in [0.29, 0.717) is 4.47 Å². The molecule has 17 heavy (non-hydrogen) atoms. The summed E-state index contributed by atoms with van der Waals surface area (Å²) in [6, 6.07) is 4.76. The maximum absolute atomic E-state index is 13.4. The second kappa shape index (κ2) is 5.69. The Morgan fingerprint density at radius 1 is 1.41 bits per heavy atom. The lowest BCUT2D eigenvalue weighted by Gasteiger charge is -2.26. The van der Waals surface area contributed by atoms with Crippen LogP contribution in [0.1, 0.15) is 39.3 Å². The van der Waals surface area contributed by atoms with Gasteiger partial charge in [0.05, 0.1) is 10.5 Å². The number of nitrogens with one attached hydrogen (secondary N) is 1. The van der Waals surface area contributed by atoms with Gasteiger partial charge in [-0.25, -0.2) is 4.39 Å². The molecule has 1 N–H and O–H groups in total. The summed E-state index contributed by atoms with van der Waals surface area (Å²) in [4.78, 5) is 0. The largest absolute Gasteiger partial charge is 0.598 e. The highest BCUT2D eigenvalue weighted by Gasteiger charge is 2.28. The van der Waals surface area contributed by atoms with Crippen molar-refractivity contribution in [3.05, 3.63) is 34.1 Å². The first-order valence-corrected chi connectivity index (χ1v) is 7.29. The molecule has 0 saturated carbocycles. The zero-order chi connectivity index (χ0) is 13.2. The standard InChI is InChI=1S/C12H17BrFNOS/c1-8(15-17(16)12(2,3)4)9-5-6-10(13)11(14)7-9/h5-8,15H,1-4H3/t8-,17-/m1/s1. The minimum atomic E-state index is -1.16. The maximum atomic E-state index is 13.4. The molecule has 0 fully saturated rings. The summed E-state index contributed by atoms with van der Waals surface area (Å²) in [5.74, 6) is -0.308. The predicted molar refractivity (Wildman–Crippen MR) is 73.5 cm³/mol. The van der Waals surface area contributed by atoms with Crippen LogP contribution >= 0.6 is 15.9 Å². The quantitative estimate of drug-likeness (QED) is 0.861. The van der Waals surface area contributed by atoms with Gasteiger partial charge >= 0.3 is 0 Å². The first-order valence-electron chi connectivity index (χ1n) is 5.35. The number of benzene rings is 1. The summed E-state index contributed by atoms with van der Waals surface area (Å²) in [6.07, 6.45) is 0. The SMILES string of the molecule is C[C@@H](N[S@+]([O-])C(C)(C)C)c1ccc(Br)c(F)c1. The average molecular weight is 322 g/mol. The molecule has 1 aromatic rings. The summed E-state index contributed by atoms with van der Waals surface area (Å²) in [6.45, 7) is 7.55. The van der Waals surface area contributed by atoms with Crippen molar-refractivity contribution in [2.24, 2.45) is 0 Å². The van der Waals surface area contributed by atoms with Crippen LogP contribution in [0.5, 0.6) is 0 Å². The van der Waals surface area contributed by atoms with Crippen LogP contribution in [0.15, 0.2) is 22.7 Å². The van der Waals surface area contributed by atoms with Crippen molar-refractivity contribution >= 4 is 27.3 Å². The molecule has 0 aliphatic carbocycles. The summed E-state index contributed by atoms with van der Waals surface area (Å²) in [5.41, 5.74) is 0.781. The molecule has 5 heteroatoms. The molecule has 0 unspecified atom stereocenters. The molecule has 0 spiro atoms. The molecule has 0 aromatic heterocycles. The molecule has 0 aliphatic rings. The van der Waals surface area contributed by atoms with Gasteiger partial charge in [0.15, 0.2) is 0 Å². The van der Waals surface area contributed by atoms with Crippen molar-refractivity contribution in [3.8, 4) is 0 Å². The molecule has 1 aromatic carbocycles. The summed E-state index contributed by atoms with van der Waals surface area (Å²) < 4.78 is 28.3. The molecular weight excluding hydrogens is 305 g/mol. The smallest absolute Gasteiger partial charge is 0.137 e. The second-order valence-electron chi connectivity index (χ2n) is 4.89. The molecule has 96 valence electrons. The van der Waals surface area contributed by atoms with E-state index in [1.54, 1.807) is 6.07 Å². The predicted octanol–water partition coefficient (Wildman–Crippen LogP) is 3.70. The Hall–Kier alpha value is -0.100. The minimum Gasteiger partial charge on any atom is -0.598 e. The van der Waals surface area contributed by atoms with Crippen LogP contribution in [0.3, 0.4) is 0 Å². The third-order valence-electron chi connectivity index (χ3n) is 2.28. The second-order valence-corrected chi connectivity index (χ2v) is 7.75. The van der Waals surface area contributed by atoms with Gasteiger partial charge in [0, 0.05) is 11.4 Å². The normalized spacial score (nSPS) is 15.7. The van der Waals surface area contributed by atoms with Crippen molar-refractivity contribution in [3.63, 3.8) is 0 Å². The summed E-state index contributed by atoms with van der Waals surface area (Å²) >= 11 is 1.94. The van der Waals surface area contributed by atoms with Gasteiger partial charge < -0.3 is 4.55 Å². The van der Waals surface area contributed by atoms with E-state index in [1.807, 2.05) is 33.8 Å². The van der Waals surface area contributed by atoms with Gasteiger partial charge in [-0.1, -0.05) is 6.07 Å². The van der Waals surface area contributed by atoms with Gasteiger partial charge in [-0.2, -0.15) is 0 Å². The first-order chi connectivity index (χ1) is 7.71. The van der Waals surface area contributed by atoms with Crippen molar-refractivity contribution in [2.45, 2.75) is 38.5 Å². The molecule has 0 radical (unpaired) electrons. The highest BCUT2D eigenvalue weighted by atomic mass is 79.9. The van der Waals surface area contributed by atoms with Crippen molar-refractivity contribution in [2.75, 3.05) is 0 Å². The molecule has 0 saturated heterocycles. The molecule has 0 amide bonds. The highest BCUT2D eigenvalue weighted by molar-refractivity contribution is 9.10. The molecule has 2 atom stereocenters. The lowest BCUT2D eigenvalue weighted by atomic mass is 10.1. The maximum Gasteiger partial charge on any atom is 0.137 e. The molecule has 2 nitrogen and oxygen atoms in total. The van der Waals surface area contributed by atoms with Gasteiger partial charge in [-0.15, -0.1) is 4.72 Å². The van der Waals surface area contributed by atoms with E-state index in [9.17, 15) is 8.94 Å². The molecule has 0 aliphatic heterocycles. The molecule has 0 bridgehead atoms. The van der Waals surface area contributed by atoms with E-state index in [2.05, 4.69) is 20.7 Å². The van der Waals surface area contributed by atoms with Crippen molar-refractivity contribution in [1.29, 1.82) is 0 Å². The van der Waals surface area contributed by atoms with Gasteiger partial charge in [-0.3, -0.25) is 0 Å². The van der Waals surface area contributed by atoms with Crippen LogP contribution in [0.4, 0.5) is 4.39 Å². The summed E-state index contributed by atoms with van der Waals surface area (Å²) in [5, 5.41) is 0. The Morgan fingerprint density at radius 3 is 2.47 bits per heavy atom. The minimum absolute atomic E-state index is 0.155. The van der Waals surface area contributed by atoms with Crippen LogP contribution in [-0.4, -0.2) is 9.30 Å². The zero-order valence-corrected chi connectivity index (χ0v) is 12.8. The lowest BCUT2D eigenvalue weighted by Crippen LogP contribution is -2.40. The van der Waals surface area contributed by atoms with E-state index in [0.717, 1.165) is 5.56 Å². The number of halogens is 2. The lowest BCUT2D eigenvalue weighted by molar-refractivity contribution is 0.530. The highest BCUT2D eigenvalue weighted by Crippen LogP contribution is 2.23. The Kier molecular flexibility index (Phi) is 5.01. The third-order valence-corrected chi connectivity index (χ3v) is 4.61. The number of hydrogen-bond acceptors (Lipinski definition) is 2. The van der Waals surface area contributed by atoms with E-state index in [1.165, 1.54) is 6.07 Å². The molecule has 0 heterocycles. The van der Waals surface area contributed by atoms with Crippen molar-refractivity contribution in [1.82, 2.24) is 4.72 Å². The van der Waals surface area contributed by atoms with Crippen LogP contribution in [0.25, 0.3) is 0 Å². The first kappa shape index (κ1) is 15.0. The number of rotatable bonds is 3. The zero-order valence-electron chi connectivity index (χ0n) is 10.4. The van der Waals surface area contributed by atoms with Crippen LogP contribution in [0, 0.1) is 5.82 Å². The van der Waals surface area contributed by atoms with Crippen LogP contribution in [0.2, 0.25) is 0 Å². The van der Waals surface area contributed by atoms with Crippen molar-refractivity contribution < 1.29 is 8.94 Å². The Labute approximate surface area is 113 Å². The monoisotopic (exact) mass is 321 g/mol. The van der Waals surface area contributed by atoms with Crippen LogP contribution in [-0.2, 0) is 11.4 Å². The van der Waals surface area contributed by atoms with E-state index < -0.39 is 11.4 Å². The number of hydrogen-bond donors (Lipinski definition) is 1. The van der Waals surface area contributed by atoms with E-state index in [-0.39, 0.29) is 16.6 Å². The third kappa shape index (κ3) is 4.25. The average Bonchev–Trinajstić information content (AvgIpc) is 2.20. The van der Waals surface area contributed by atoms with Gasteiger partial charge in [-0.05, 0) is 61.3 Å².